The van der Waals surface area contributed by atoms with Crippen LogP contribution >= 0.6 is 0 Å². The van der Waals surface area contributed by atoms with Crippen LogP contribution in [0.2, 0.25) is 0 Å². The molecular weight excluding hydrogens is 234 g/mol. The highest BCUT2D eigenvalue weighted by molar-refractivity contribution is 4.69. The van der Waals surface area contributed by atoms with Crippen molar-refractivity contribution in [3.63, 3.8) is 0 Å². The van der Waals surface area contributed by atoms with Gasteiger partial charge in [0.15, 0.2) is 0 Å². The second-order valence-corrected chi connectivity index (χ2v) is 6.04. The van der Waals surface area contributed by atoms with Crippen molar-refractivity contribution in [2.45, 2.75) is 46.0 Å². The molecule has 3 heteroatoms. The molecule has 1 saturated carbocycles. The second-order valence-electron chi connectivity index (χ2n) is 6.04. The summed E-state index contributed by atoms with van der Waals surface area (Å²) in [7, 11) is 2.28. The van der Waals surface area contributed by atoms with Crippen LogP contribution in [0.1, 0.15) is 46.0 Å². The standard InChI is InChI=1S/C16H35N3/c1-4-19(5-2)14-12-17-11-13-18(3)15-16-9-7-6-8-10-16/h16-17H,4-15H2,1-3H3. The summed E-state index contributed by atoms with van der Waals surface area (Å²) < 4.78 is 0. The van der Waals surface area contributed by atoms with Crippen LogP contribution in [0.3, 0.4) is 0 Å². The van der Waals surface area contributed by atoms with E-state index in [1.54, 1.807) is 0 Å². The van der Waals surface area contributed by atoms with Crippen molar-refractivity contribution in [1.82, 2.24) is 15.1 Å². The van der Waals surface area contributed by atoms with Gasteiger partial charge in [0.2, 0.25) is 0 Å². The van der Waals surface area contributed by atoms with Crippen molar-refractivity contribution in [3.8, 4) is 0 Å². The Morgan fingerprint density at radius 2 is 1.58 bits per heavy atom. The lowest BCUT2D eigenvalue weighted by Gasteiger charge is -2.27. The van der Waals surface area contributed by atoms with Gasteiger partial charge in [-0.1, -0.05) is 33.1 Å². The zero-order valence-electron chi connectivity index (χ0n) is 13.5. The summed E-state index contributed by atoms with van der Waals surface area (Å²) in [5.74, 6) is 0.967. The average Bonchev–Trinajstić information content (AvgIpc) is 2.44. The summed E-state index contributed by atoms with van der Waals surface area (Å²) in [6.07, 6.45) is 7.30. The lowest BCUT2D eigenvalue weighted by atomic mass is 9.89. The van der Waals surface area contributed by atoms with Crippen molar-refractivity contribution >= 4 is 0 Å². The Morgan fingerprint density at radius 1 is 0.947 bits per heavy atom. The quantitative estimate of drug-likeness (QED) is 0.615. The highest BCUT2D eigenvalue weighted by Gasteiger charge is 2.14. The van der Waals surface area contributed by atoms with E-state index in [0.29, 0.717) is 0 Å². The van der Waals surface area contributed by atoms with Crippen molar-refractivity contribution in [1.29, 1.82) is 0 Å². The molecule has 1 aliphatic rings. The predicted molar refractivity (Wildman–Crippen MR) is 84.7 cm³/mol. The minimum absolute atomic E-state index is 0.967. The zero-order valence-corrected chi connectivity index (χ0v) is 13.5. The summed E-state index contributed by atoms with van der Waals surface area (Å²) in [6, 6.07) is 0. The predicted octanol–water partition coefficient (Wildman–Crippen LogP) is 2.43. The molecule has 0 spiro atoms. The largest absolute Gasteiger partial charge is 0.314 e. The summed E-state index contributed by atoms with van der Waals surface area (Å²) in [6.45, 7) is 12.7. The van der Waals surface area contributed by atoms with E-state index in [9.17, 15) is 0 Å². The maximum atomic E-state index is 3.57. The smallest absolute Gasteiger partial charge is 0.0107 e. The summed E-state index contributed by atoms with van der Waals surface area (Å²) >= 11 is 0. The number of hydrogen-bond acceptors (Lipinski definition) is 3. The van der Waals surface area contributed by atoms with Gasteiger partial charge in [-0.25, -0.2) is 0 Å². The number of rotatable bonds is 10. The highest BCUT2D eigenvalue weighted by atomic mass is 15.1. The average molecular weight is 269 g/mol. The van der Waals surface area contributed by atoms with E-state index < -0.39 is 0 Å². The second kappa shape index (κ2) is 10.6. The van der Waals surface area contributed by atoms with Crippen molar-refractivity contribution in [2.75, 3.05) is 52.9 Å². The molecule has 0 aliphatic heterocycles. The van der Waals surface area contributed by atoms with E-state index in [4.69, 9.17) is 0 Å². The van der Waals surface area contributed by atoms with E-state index in [1.807, 2.05) is 0 Å². The van der Waals surface area contributed by atoms with Gasteiger partial charge < -0.3 is 15.1 Å². The van der Waals surface area contributed by atoms with E-state index >= 15 is 0 Å². The minimum atomic E-state index is 0.967. The van der Waals surface area contributed by atoms with Crippen LogP contribution < -0.4 is 5.32 Å². The lowest BCUT2D eigenvalue weighted by molar-refractivity contribution is 0.232. The number of nitrogens with zero attached hydrogens (tertiary/aromatic N) is 2. The van der Waals surface area contributed by atoms with Gasteiger partial charge in [0.25, 0.3) is 0 Å². The first-order valence-corrected chi connectivity index (χ1v) is 8.37. The molecule has 0 amide bonds. The third kappa shape index (κ3) is 7.91. The first-order valence-electron chi connectivity index (χ1n) is 8.37. The van der Waals surface area contributed by atoms with Crippen LogP contribution in [0.4, 0.5) is 0 Å². The molecule has 0 heterocycles. The number of hydrogen-bond donors (Lipinski definition) is 1. The van der Waals surface area contributed by atoms with Gasteiger partial charge in [-0.15, -0.1) is 0 Å². The monoisotopic (exact) mass is 269 g/mol. The van der Waals surface area contributed by atoms with Crippen LogP contribution in [-0.2, 0) is 0 Å². The molecule has 0 saturated heterocycles. The van der Waals surface area contributed by atoms with Crippen molar-refractivity contribution in [2.24, 2.45) is 5.92 Å². The lowest BCUT2D eigenvalue weighted by Crippen LogP contribution is -2.37. The SMILES string of the molecule is CCN(CC)CCNCCN(C)CC1CCCCC1. The van der Waals surface area contributed by atoms with Crippen LogP contribution in [-0.4, -0.2) is 62.7 Å². The van der Waals surface area contributed by atoms with Crippen LogP contribution in [0.15, 0.2) is 0 Å². The zero-order chi connectivity index (χ0) is 13.9. The van der Waals surface area contributed by atoms with Gasteiger partial charge in [0.1, 0.15) is 0 Å². The molecule has 114 valence electrons. The fourth-order valence-electron chi connectivity index (χ4n) is 3.07. The van der Waals surface area contributed by atoms with Crippen LogP contribution in [0, 0.1) is 5.92 Å². The van der Waals surface area contributed by atoms with Crippen LogP contribution in [0.5, 0.6) is 0 Å². The van der Waals surface area contributed by atoms with Crippen LogP contribution in [0.25, 0.3) is 0 Å². The molecule has 1 aliphatic carbocycles. The molecule has 0 bridgehead atoms. The number of nitrogens with one attached hydrogen (secondary N) is 1. The molecule has 0 radical (unpaired) electrons. The molecule has 0 aromatic heterocycles. The number of likely N-dealkylation sites (N-methyl/N-ethyl adjacent to an activating group) is 2. The van der Waals surface area contributed by atoms with Gasteiger partial charge in [0, 0.05) is 32.7 Å². The first kappa shape index (κ1) is 16.9. The van der Waals surface area contributed by atoms with Gasteiger partial charge in [-0.2, -0.15) is 0 Å². The van der Waals surface area contributed by atoms with E-state index in [2.05, 4.69) is 36.0 Å². The fraction of sp³-hybridized carbons (Fsp3) is 1.00. The molecule has 3 nitrogen and oxygen atoms in total. The summed E-state index contributed by atoms with van der Waals surface area (Å²) in [4.78, 5) is 4.99. The Kier molecular flexibility index (Phi) is 9.48. The third-order valence-electron chi connectivity index (χ3n) is 4.46. The Bertz CT molecular complexity index is 198. The topological polar surface area (TPSA) is 18.5 Å². The maximum Gasteiger partial charge on any atom is 0.0107 e. The van der Waals surface area contributed by atoms with E-state index in [-0.39, 0.29) is 0 Å². The van der Waals surface area contributed by atoms with Crippen molar-refractivity contribution in [3.05, 3.63) is 0 Å². The minimum Gasteiger partial charge on any atom is -0.314 e. The molecule has 0 aromatic carbocycles. The highest BCUT2D eigenvalue weighted by Crippen LogP contribution is 2.23. The van der Waals surface area contributed by atoms with Gasteiger partial charge in [-0.3, -0.25) is 0 Å². The normalized spacial score (nSPS) is 17.5. The van der Waals surface area contributed by atoms with Gasteiger partial charge in [0.05, 0.1) is 0 Å². The summed E-state index contributed by atoms with van der Waals surface area (Å²) in [5, 5.41) is 3.57. The molecule has 1 N–H and O–H groups in total. The van der Waals surface area contributed by atoms with Gasteiger partial charge >= 0.3 is 0 Å². The Morgan fingerprint density at radius 3 is 2.21 bits per heavy atom. The molecule has 0 atom stereocenters. The molecule has 19 heavy (non-hydrogen) atoms. The molecule has 0 aromatic rings. The maximum absolute atomic E-state index is 3.57. The van der Waals surface area contributed by atoms with E-state index in [1.165, 1.54) is 64.8 Å². The van der Waals surface area contributed by atoms with E-state index in [0.717, 1.165) is 19.0 Å². The molecular formula is C16H35N3. The summed E-state index contributed by atoms with van der Waals surface area (Å²) in [5.41, 5.74) is 0. The Hall–Kier alpha value is -0.120. The Balaban J connectivity index is 1.96. The molecule has 0 unspecified atom stereocenters. The Labute approximate surface area is 120 Å². The third-order valence-corrected chi connectivity index (χ3v) is 4.46. The first-order chi connectivity index (χ1) is 9.26. The van der Waals surface area contributed by atoms with Gasteiger partial charge in [-0.05, 0) is 38.9 Å². The fourth-order valence-corrected chi connectivity index (χ4v) is 3.07. The van der Waals surface area contributed by atoms with Crippen molar-refractivity contribution < 1.29 is 0 Å². The molecule has 1 fully saturated rings. The molecule has 1 rings (SSSR count).